The molecule has 2 aromatic carbocycles. The molecule has 0 spiro atoms. The molecule has 0 atom stereocenters. The van der Waals surface area contributed by atoms with Crippen LogP contribution in [0.25, 0.3) is 0 Å². The molecule has 0 unspecified atom stereocenters. The number of hydrogen-bond donors (Lipinski definition) is 3. The lowest BCUT2D eigenvalue weighted by molar-refractivity contribution is 0.0964. The van der Waals surface area contributed by atoms with E-state index in [9.17, 15) is 21.6 Å². The van der Waals surface area contributed by atoms with Crippen LogP contribution >= 0.6 is 11.6 Å². The van der Waals surface area contributed by atoms with Crippen LogP contribution in [0.2, 0.25) is 5.02 Å². The maximum Gasteiger partial charge on any atom is 0.261 e. The molecule has 0 bridgehead atoms. The van der Waals surface area contributed by atoms with Crippen LogP contribution in [0.15, 0.2) is 47.4 Å². The SMILES string of the molecule is CNC(=O)c1cc(Cl)ccc1NS(=O)(=O)c1ccc(NS(C)(=O)=O)cc1. The molecule has 0 saturated carbocycles. The fraction of sp³-hybridized carbons (Fsp3) is 0.133. The molecule has 26 heavy (non-hydrogen) atoms. The Bertz CT molecular complexity index is 1040. The van der Waals surface area contributed by atoms with Gasteiger partial charge in [-0.3, -0.25) is 14.2 Å². The molecule has 0 heterocycles. The minimum absolute atomic E-state index is 0.0621. The topological polar surface area (TPSA) is 121 Å². The average molecular weight is 418 g/mol. The summed E-state index contributed by atoms with van der Waals surface area (Å²) < 4.78 is 52.0. The highest BCUT2D eigenvalue weighted by Gasteiger charge is 2.19. The number of halogens is 1. The molecular weight excluding hydrogens is 402 g/mol. The van der Waals surface area contributed by atoms with Crippen molar-refractivity contribution in [3.05, 3.63) is 53.1 Å². The Morgan fingerprint density at radius 2 is 1.58 bits per heavy atom. The van der Waals surface area contributed by atoms with Crippen LogP contribution in [0.5, 0.6) is 0 Å². The van der Waals surface area contributed by atoms with Gasteiger partial charge in [0.25, 0.3) is 15.9 Å². The van der Waals surface area contributed by atoms with Gasteiger partial charge in [-0.2, -0.15) is 0 Å². The summed E-state index contributed by atoms with van der Waals surface area (Å²) in [5, 5.41) is 2.69. The minimum atomic E-state index is -4.00. The van der Waals surface area contributed by atoms with E-state index in [0.29, 0.717) is 0 Å². The largest absolute Gasteiger partial charge is 0.355 e. The van der Waals surface area contributed by atoms with Crippen LogP contribution in [-0.4, -0.2) is 36.0 Å². The van der Waals surface area contributed by atoms with E-state index in [0.717, 1.165) is 6.26 Å². The molecule has 3 N–H and O–H groups in total. The van der Waals surface area contributed by atoms with Gasteiger partial charge in [-0.15, -0.1) is 0 Å². The zero-order valence-electron chi connectivity index (χ0n) is 13.8. The monoisotopic (exact) mass is 417 g/mol. The molecule has 0 radical (unpaired) electrons. The fourth-order valence-electron chi connectivity index (χ4n) is 2.05. The summed E-state index contributed by atoms with van der Waals surface area (Å²) in [7, 11) is -6.06. The lowest BCUT2D eigenvalue weighted by Gasteiger charge is -2.13. The van der Waals surface area contributed by atoms with Crippen LogP contribution < -0.4 is 14.8 Å². The Morgan fingerprint density at radius 1 is 0.962 bits per heavy atom. The number of rotatable bonds is 6. The second kappa shape index (κ2) is 7.52. The van der Waals surface area contributed by atoms with Crippen molar-refractivity contribution in [1.82, 2.24) is 5.32 Å². The highest BCUT2D eigenvalue weighted by Crippen LogP contribution is 2.24. The predicted molar refractivity (Wildman–Crippen MR) is 101 cm³/mol. The number of hydrogen-bond acceptors (Lipinski definition) is 5. The highest BCUT2D eigenvalue weighted by molar-refractivity contribution is 7.92. The Kier molecular flexibility index (Phi) is 5.79. The van der Waals surface area contributed by atoms with E-state index in [1.54, 1.807) is 0 Å². The quantitative estimate of drug-likeness (QED) is 0.662. The van der Waals surface area contributed by atoms with E-state index in [4.69, 9.17) is 11.6 Å². The van der Waals surface area contributed by atoms with Crippen LogP contribution in [0.3, 0.4) is 0 Å². The lowest BCUT2D eigenvalue weighted by atomic mass is 10.2. The summed E-state index contributed by atoms with van der Waals surface area (Å²) in [6.07, 6.45) is 0.986. The molecule has 140 valence electrons. The first-order valence-electron chi connectivity index (χ1n) is 7.14. The molecule has 0 aromatic heterocycles. The summed E-state index contributed by atoms with van der Waals surface area (Å²) >= 11 is 5.86. The van der Waals surface area contributed by atoms with Crippen molar-refractivity contribution in [2.75, 3.05) is 22.7 Å². The normalized spacial score (nSPS) is 11.7. The van der Waals surface area contributed by atoms with Crippen LogP contribution in [0.1, 0.15) is 10.4 Å². The van der Waals surface area contributed by atoms with Gasteiger partial charge in [0.15, 0.2) is 0 Å². The van der Waals surface area contributed by atoms with Gasteiger partial charge in [0.05, 0.1) is 22.4 Å². The van der Waals surface area contributed by atoms with Crippen LogP contribution in [0.4, 0.5) is 11.4 Å². The van der Waals surface area contributed by atoms with Gasteiger partial charge in [-0.25, -0.2) is 16.8 Å². The van der Waals surface area contributed by atoms with Crippen LogP contribution in [-0.2, 0) is 20.0 Å². The van der Waals surface area contributed by atoms with Crippen molar-refractivity contribution in [3.8, 4) is 0 Å². The zero-order valence-corrected chi connectivity index (χ0v) is 16.2. The number of nitrogens with one attached hydrogen (secondary N) is 3. The zero-order chi connectivity index (χ0) is 19.5. The summed E-state index contributed by atoms with van der Waals surface area (Å²) in [6, 6.07) is 9.29. The third kappa shape index (κ3) is 5.10. The molecule has 1 amide bonds. The maximum absolute atomic E-state index is 12.5. The first kappa shape index (κ1) is 20.0. The highest BCUT2D eigenvalue weighted by atomic mass is 35.5. The third-order valence-electron chi connectivity index (χ3n) is 3.17. The van der Waals surface area contributed by atoms with E-state index >= 15 is 0 Å². The molecule has 11 heteroatoms. The number of benzene rings is 2. The van der Waals surface area contributed by atoms with Gasteiger partial charge in [-0.05, 0) is 42.5 Å². The number of carbonyl (C=O) groups excluding carboxylic acids is 1. The van der Waals surface area contributed by atoms with Gasteiger partial charge in [-0.1, -0.05) is 11.6 Å². The number of anilines is 2. The number of amides is 1. The summed E-state index contributed by atoms with van der Waals surface area (Å²) in [6.45, 7) is 0. The van der Waals surface area contributed by atoms with Crippen molar-refractivity contribution >= 4 is 48.9 Å². The molecule has 0 aliphatic rings. The van der Waals surface area contributed by atoms with Crippen molar-refractivity contribution < 1.29 is 21.6 Å². The minimum Gasteiger partial charge on any atom is -0.355 e. The summed E-state index contributed by atoms with van der Waals surface area (Å²) in [5.74, 6) is -0.502. The Labute approximate surface area is 156 Å². The number of carbonyl (C=O) groups is 1. The second-order valence-electron chi connectivity index (χ2n) is 5.27. The Hall–Kier alpha value is -2.30. The Morgan fingerprint density at radius 3 is 2.12 bits per heavy atom. The van der Waals surface area contributed by atoms with Crippen LogP contribution in [0, 0.1) is 0 Å². The van der Waals surface area contributed by atoms with Gasteiger partial charge >= 0.3 is 0 Å². The molecule has 0 saturated heterocycles. The van der Waals surface area contributed by atoms with Crippen molar-refractivity contribution in [1.29, 1.82) is 0 Å². The van der Waals surface area contributed by atoms with Crippen molar-refractivity contribution in [2.45, 2.75) is 4.90 Å². The molecule has 2 rings (SSSR count). The van der Waals surface area contributed by atoms with E-state index < -0.39 is 26.0 Å². The standard InChI is InChI=1S/C15H16ClN3O5S2/c1-17-15(20)13-9-10(16)3-8-14(13)19-26(23,24)12-6-4-11(5-7-12)18-25(2,21)22/h3-9,18-19H,1-2H3,(H,17,20). The first-order chi connectivity index (χ1) is 12.0. The number of sulfonamides is 2. The molecule has 0 aliphatic heterocycles. The van der Waals surface area contributed by atoms with E-state index in [1.165, 1.54) is 49.5 Å². The molecule has 8 nitrogen and oxygen atoms in total. The van der Waals surface area contributed by atoms with Crippen molar-refractivity contribution in [2.24, 2.45) is 0 Å². The van der Waals surface area contributed by atoms with Crippen molar-refractivity contribution in [3.63, 3.8) is 0 Å². The molecular formula is C15H16ClN3O5S2. The average Bonchev–Trinajstić information content (AvgIpc) is 2.54. The smallest absolute Gasteiger partial charge is 0.261 e. The van der Waals surface area contributed by atoms with Gasteiger partial charge in [0, 0.05) is 17.8 Å². The fourth-order valence-corrected chi connectivity index (χ4v) is 3.86. The van der Waals surface area contributed by atoms with E-state index in [-0.39, 0.29) is 26.9 Å². The van der Waals surface area contributed by atoms with Gasteiger partial charge in [0.2, 0.25) is 10.0 Å². The van der Waals surface area contributed by atoms with E-state index in [1.807, 2.05) is 0 Å². The predicted octanol–water partition coefficient (Wildman–Crippen LogP) is 1.87. The van der Waals surface area contributed by atoms with E-state index in [2.05, 4.69) is 14.8 Å². The first-order valence-corrected chi connectivity index (χ1v) is 10.9. The Balaban J connectivity index is 2.33. The summed E-state index contributed by atoms with van der Waals surface area (Å²) in [4.78, 5) is 11.8. The second-order valence-corrected chi connectivity index (χ2v) is 9.14. The maximum atomic E-state index is 12.5. The lowest BCUT2D eigenvalue weighted by Crippen LogP contribution is -2.21. The van der Waals surface area contributed by atoms with Gasteiger partial charge in [0.1, 0.15) is 0 Å². The summed E-state index contributed by atoms with van der Waals surface area (Å²) in [5.41, 5.74) is 0.356. The molecule has 2 aromatic rings. The molecule has 0 fully saturated rings. The molecule has 0 aliphatic carbocycles. The third-order valence-corrected chi connectivity index (χ3v) is 5.39. The van der Waals surface area contributed by atoms with Gasteiger partial charge < -0.3 is 5.32 Å².